The summed E-state index contributed by atoms with van der Waals surface area (Å²) >= 11 is 0. The summed E-state index contributed by atoms with van der Waals surface area (Å²) in [5.74, 6) is -2.68. The van der Waals surface area contributed by atoms with Gasteiger partial charge in [-0.05, 0) is 72.4 Å². The fourth-order valence-corrected chi connectivity index (χ4v) is 5.20. The maximum absolute atomic E-state index is 14.3. The molecule has 13 heteroatoms. The summed E-state index contributed by atoms with van der Waals surface area (Å²) < 4.78 is 57.7. The topological polar surface area (TPSA) is 138 Å². The molecule has 0 saturated heterocycles. The molecule has 3 aromatic carbocycles. The molecule has 1 aromatic heterocycles. The number of halogens is 4. The number of anilines is 2. The number of carboxylic acids is 1. The van der Waals surface area contributed by atoms with Crippen molar-refractivity contribution in [2.75, 3.05) is 18.1 Å². The maximum atomic E-state index is 14.3. The summed E-state index contributed by atoms with van der Waals surface area (Å²) in [5.41, 5.74) is 7.96. The van der Waals surface area contributed by atoms with Crippen molar-refractivity contribution in [1.29, 1.82) is 0 Å². The van der Waals surface area contributed by atoms with Gasteiger partial charge in [0.1, 0.15) is 17.6 Å². The number of rotatable bonds is 11. The maximum Gasteiger partial charge on any atom is 0.573 e. The molecular formula is C32H32F4N4O5. The van der Waals surface area contributed by atoms with Crippen LogP contribution in [-0.2, 0) is 16.1 Å². The number of carbonyl (C=O) groups excluding carboxylic acids is 1. The first kappa shape index (κ1) is 32.8. The van der Waals surface area contributed by atoms with Gasteiger partial charge in [0, 0.05) is 48.5 Å². The fourth-order valence-electron chi connectivity index (χ4n) is 5.20. The van der Waals surface area contributed by atoms with Gasteiger partial charge in [-0.3, -0.25) is 14.4 Å². The van der Waals surface area contributed by atoms with Crippen LogP contribution in [0.2, 0.25) is 0 Å². The van der Waals surface area contributed by atoms with E-state index in [9.17, 15) is 31.9 Å². The number of aliphatic carboxylic acids is 1. The Morgan fingerprint density at radius 3 is 2.49 bits per heavy atom. The normalized spacial score (nSPS) is 12.9. The minimum atomic E-state index is -4.97. The minimum Gasteiger partial charge on any atom is -0.481 e. The van der Waals surface area contributed by atoms with Crippen LogP contribution in [-0.4, -0.2) is 40.3 Å². The molecule has 1 heterocycles. The number of amides is 1. The van der Waals surface area contributed by atoms with E-state index in [1.165, 1.54) is 42.3 Å². The van der Waals surface area contributed by atoms with E-state index in [0.717, 1.165) is 23.4 Å². The zero-order valence-corrected chi connectivity index (χ0v) is 24.7. The lowest BCUT2D eigenvalue weighted by Gasteiger charge is -2.27. The van der Waals surface area contributed by atoms with Crippen LogP contribution >= 0.6 is 0 Å². The summed E-state index contributed by atoms with van der Waals surface area (Å²) in [6, 6.07) is 12.1. The second-order valence-corrected chi connectivity index (χ2v) is 10.9. The number of carboxylic acid groups (broad SMARTS) is 1. The number of aryl methyl sites for hydroxylation is 1. The Kier molecular flexibility index (Phi) is 9.69. The molecule has 4 rings (SSSR count). The monoisotopic (exact) mass is 628 g/mol. The lowest BCUT2D eigenvalue weighted by Crippen LogP contribution is -2.35. The molecule has 0 aliphatic carbocycles. The number of likely N-dealkylation sites (N-methyl/N-ethyl adjacent to an activating group) is 1. The van der Waals surface area contributed by atoms with Crippen LogP contribution in [0.3, 0.4) is 0 Å². The number of aromatic amines is 1. The Hall–Kier alpha value is -5.07. The number of nitrogens with zero attached hydrogens (tertiary/aromatic N) is 1. The Balaban J connectivity index is 1.71. The van der Waals surface area contributed by atoms with Gasteiger partial charge in [-0.2, -0.15) is 0 Å². The van der Waals surface area contributed by atoms with Crippen LogP contribution < -0.4 is 21.3 Å². The Morgan fingerprint density at radius 2 is 1.82 bits per heavy atom. The summed E-state index contributed by atoms with van der Waals surface area (Å²) in [5, 5.41) is 12.3. The van der Waals surface area contributed by atoms with E-state index in [0.29, 0.717) is 17.7 Å². The highest BCUT2D eigenvalue weighted by Crippen LogP contribution is 2.32. The summed E-state index contributed by atoms with van der Waals surface area (Å²) in [4.78, 5) is 41.0. The summed E-state index contributed by atoms with van der Waals surface area (Å²) in [6.07, 6.45) is -3.62. The van der Waals surface area contributed by atoms with Crippen LogP contribution in [0.5, 0.6) is 5.75 Å². The number of alkyl halides is 3. The first-order valence-corrected chi connectivity index (χ1v) is 13.9. The fraction of sp³-hybridized carbons (Fsp3) is 0.281. The van der Waals surface area contributed by atoms with Gasteiger partial charge >= 0.3 is 12.3 Å². The molecule has 1 amide bonds. The molecule has 0 spiro atoms. The molecule has 0 bridgehead atoms. The third-order valence-electron chi connectivity index (χ3n) is 7.45. The van der Waals surface area contributed by atoms with E-state index in [4.69, 9.17) is 10.8 Å². The highest BCUT2D eigenvalue weighted by atomic mass is 19.4. The van der Waals surface area contributed by atoms with Crippen LogP contribution in [0, 0.1) is 12.7 Å². The quantitative estimate of drug-likeness (QED) is 0.114. The summed E-state index contributed by atoms with van der Waals surface area (Å²) in [6.45, 7) is 3.43. The molecule has 4 aromatic rings. The summed E-state index contributed by atoms with van der Waals surface area (Å²) in [7, 11) is 1.41. The predicted octanol–water partition coefficient (Wildman–Crippen LogP) is 6.24. The van der Waals surface area contributed by atoms with Crippen LogP contribution in [0.25, 0.3) is 10.8 Å². The van der Waals surface area contributed by atoms with Crippen molar-refractivity contribution >= 4 is 34.0 Å². The molecule has 0 saturated carbocycles. The molecule has 5 N–H and O–H groups in total. The van der Waals surface area contributed by atoms with E-state index in [1.54, 1.807) is 18.2 Å². The number of aromatic nitrogens is 1. The van der Waals surface area contributed by atoms with E-state index in [-0.39, 0.29) is 40.9 Å². The van der Waals surface area contributed by atoms with Gasteiger partial charge in [0.15, 0.2) is 0 Å². The number of nitrogen functional groups attached to an aromatic ring is 1. The van der Waals surface area contributed by atoms with Gasteiger partial charge in [0.05, 0.1) is 5.39 Å². The third kappa shape index (κ3) is 8.11. The molecule has 0 radical (unpaired) electrons. The second-order valence-electron chi connectivity index (χ2n) is 10.9. The number of ether oxygens (including phenoxy) is 1. The predicted molar refractivity (Wildman–Crippen MR) is 161 cm³/mol. The number of pyridine rings is 1. The van der Waals surface area contributed by atoms with Crippen molar-refractivity contribution < 1.29 is 37.0 Å². The van der Waals surface area contributed by atoms with Gasteiger partial charge in [0.2, 0.25) is 5.91 Å². The van der Waals surface area contributed by atoms with Crippen molar-refractivity contribution in [1.82, 2.24) is 9.88 Å². The molecule has 0 fully saturated rings. The van der Waals surface area contributed by atoms with E-state index in [1.807, 2.05) is 13.8 Å². The molecule has 1 unspecified atom stereocenters. The number of carbonyl (C=O) groups is 2. The molecule has 238 valence electrons. The van der Waals surface area contributed by atoms with Crippen molar-refractivity contribution in [3.8, 4) is 5.75 Å². The number of hydrogen-bond donors (Lipinski definition) is 4. The average molecular weight is 629 g/mol. The highest BCUT2D eigenvalue weighted by Gasteiger charge is 2.33. The number of hydrogen-bond acceptors (Lipinski definition) is 6. The zero-order valence-electron chi connectivity index (χ0n) is 24.7. The highest BCUT2D eigenvalue weighted by molar-refractivity contribution is 5.89. The van der Waals surface area contributed by atoms with Crippen LogP contribution in [0.4, 0.5) is 28.9 Å². The average Bonchev–Trinajstić information content (AvgIpc) is 2.97. The number of H-pyrrole nitrogens is 1. The molecular weight excluding hydrogens is 596 g/mol. The van der Waals surface area contributed by atoms with E-state index in [2.05, 4.69) is 15.0 Å². The van der Waals surface area contributed by atoms with E-state index >= 15 is 0 Å². The second kappa shape index (κ2) is 13.3. The van der Waals surface area contributed by atoms with Crippen molar-refractivity contribution in [2.24, 2.45) is 0 Å². The molecule has 2 atom stereocenters. The number of fused-ring (bicyclic) bond motifs is 1. The SMILES string of the molecule is Cc1cc(C(Nc2ccc3c(F)c[nH]c(=O)c3c2)C(=O)N(C)Cc2cc(N)ccc2OC(F)(F)F)ccc1[C@@H](C)CCC(=O)O. The van der Waals surface area contributed by atoms with E-state index < -0.39 is 41.4 Å². The zero-order chi connectivity index (χ0) is 33.1. The molecule has 45 heavy (non-hydrogen) atoms. The lowest BCUT2D eigenvalue weighted by atomic mass is 9.90. The number of benzene rings is 3. The van der Waals surface area contributed by atoms with Crippen molar-refractivity contribution in [3.63, 3.8) is 0 Å². The van der Waals surface area contributed by atoms with Gasteiger partial charge < -0.3 is 30.8 Å². The van der Waals surface area contributed by atoms with Gasteiger partial charge in [-0.15, -0.1) is 13.2 Å². The minimum absolute atomic E-state index is 0.0124. The molecule has 0 aliphatic heterocycles. The van der Waals surface area contributed by atoms with Gasteiger partial charge in [0.25, 0.3) is 5.56 Å². The first-order valence-electron chi connectivity index (χ1n) is 13.9. The van der Waals surface area contributed by atoms with Crippen molar-refractivity contribution in [2.45, 2.75) is 51.6 Å². The largest absolute Gasteiger partial charge is 0.573 e. The first-order chi connectivity index (χ1) is 21.1. The third-order valence-corrected chi connectivity index (χ3v) is 7.45. The van der Waals surface area contributed by atoms with Crippen LogP contribution in [0.1, 0.15) is 54.0 Å². The Labute approximate surface area is 255 Å². The number of nitrogens with two attached hydrogens (primary N) is 1. The van der Waals surface area contributed by atoms with Gasteiger partial charge in [-0.25, -0.2) is 4.39 Å². The Bertz CT molecular complexity index is 1790. The standard InChI is InChI=1S/C32H32F4N4O5/c1-17(4-11-28(41)42)23-8-5-19(12-18(23)2)29(39-22-7-9-24-25(14-22)30(43)38-15-26(24)33)31(44)40(3)16-20-13-21(37)6-10-27(20)45-32(34,35)36/h5-10,12-15,17,29,39H,4,11,16,37H2,1-3H3,(H,38,43)(H,41,42)/t17-,29?/m0/s1. The van der Waals surface area contributed by atoms with Crippen molar-refractivity contribution in [3.05, 3.63) is 99.2 Å². The smallest absolute Gasteiger partial charge is 0.481 e. The van der Waals surface area contributed by atoms with Crippen LogP contribution in [0.15, 0.2) is 65.6 Å². The molecule has 9 nitrogen and oxygen atoms in total. The Morgan fingerprint density at radius 1 is 1.09 bits per heavy atom. The lowest BCUT2D eigenvalue weighted by molar-refractivity contribution is -0.275. The van der Waals surface area contributed by atoms with Gasteiger partial charge in [-0.1, -0.05) is 25.1 Å². The molecule has 0 aliphatic rings. The number of nitrogens with one attached hydrogen (secondary N) is 2.